The minimum absolute atomic E-state index is 0.0380. The van der Waals surface area contributed by atoms with Crippen molar-refractivity contribution in [3.05, 3.63) is 35.9 Å². The second kappa shape index (κ2) is 7.36. The summed E-state index contributed by atoms with van der Waals surface area (Å²) in [7, 11) is 0. The third-order valence-electron chi connectivity index (χ3n) is 8.20. The summed E-state index contributed by atoms with van der Waals surface area (Å²) in [5.41, 5.74) is 1.53. The first-order valence-electron chi connectivity index (χ1n) is 11.2. The van der Waals surface area contributed by atoms with Gasteiger partial charge in [-0.15, -0.1) is 0 Å². The third kappa shape index (κ3) is 3.51. The highest BCUT2D eigenvalue weighted by Gasteiger charge is 2.65. The van der Waals surface area contributed by atoms with Crippen LogP contribution in [-0.2, 0) is 20.8 Å². The second-order valence-electron chi connectivity index (χ2n) is 10.0. The number of esters is 1. The van der Waals surface area contributed by atoms with Gasteiger partial charge < -0.3 is 14.6 Å². The van der Waals surface area contributed by atoms with Gasteiger partial charge in [0.2, 0.25) is 0 Å². The smallest absolute Gasteiger partial charge is 0.310 e. The maximum atomic E-state index is 12.9. The number of epoxide rings is 1. The van der Waals surface area contributed by atoms with E-state index in [2.05, 4.69) is 24.0 Å². The summed E-state index contributed by atoms with van der Waals surface area (Å²) in [4.78, 5) is 15.1. The standard InChI is InChI=1S/C24H33NO4/c1-23-8-5-9-24(16-28-24)21(23)12-18-19(22(27)29-20(18)13-23)15-25(10-11-26)14-17-6-3-2-4-7-17/h2-4,6-7,18-21,26H,5,8-16H2,1H3/t18-,19-,20-,21-,23-,24+/m1/s1. The van der Waals surface area contributed by atoms with Gasteiger partial charge in [-0.1, -0.05) is 37.3 Å². The van der Waals surface area contributed by atoms with Gasteiger partial charge in [-0.05, 0) is 49.0 Å². The Balaban J connectivity index is 1.33. The number of carbonyl (C=O) groups is 1. The van der Waals surface area contributed by atoms with Gasteiger partial charge in [-0.3, -0.25) is 9.69 Å². The van der Waals surface area contributed by atoms with E-state index in [9.17, 15) is 9.90 Å². The van der Waals surface area contributed by atoms with Gasteiger partial charge in [0.25, 0.3) is 0 Å². The minimum atomic E-state index is -0.0995. The van der Waals surface area contributed by atoms with Crippen molar-refractivity contribution in [1.82, 2.24) is 4.90 Å². The quantitative estimate of drug-likeness (QED) is 0.589. The molecule has 4 fully saturated rings. The number of nitrogens with zero attached hydrogens (tertiary/aromatic N) is 1. The van der Waals surface area contributed by atoms with Crippen molar-refractivity contribution in [2.75, 3.05) is 26.3 Å². The molecule has 1 N–H and O–H groups in total. The van der Waals surface area contributed by atoms with Gasteiger partial charge in [-0.25, -0.2) is 0 Å². The molecule has 0 bridgehead atoms. The number of hydrogen-bond acceptors (Lipinski definition) is 5. The van der Waals surface area contributed by atoms with Gasteiger partial charge >= 0.3 is 5.97 Å². The molecular formula is C24H33NO4. The van der Waals surface area contributed by atoms with E-state index in [0.717, 1.165) is 26.0 Å². The van der Waals surface area contributed by atoms with Gasteiger partial charge in [0.05, 0.1) is 24.7 Å². The highest BCUT2D eigenvalue weighted by molar-refractivity contribution is 5.75. The Hall–Kier alpha value is -1.43. The van der Waals surface area contributed by atoms with Crippen molar-refractivity contribution in [1.29, 1.82) is 0 Å². The van der Waals surface area contributed by atoms with Crippen molar-refractivity contribution < 1.29 is 19.4 Å². The zero-order chi connectivity index (χ0) is 20.1. The Bertz CT molecular complexity index is 749. The van der Waals surface area contributed by atoms with Crippen molar-refractivity contribution in [3.63, 3.8) is 0 Å². The molecule has 2 heterocycles. The summed E-state index contributed by atoms with van der Waals surface area (Å²) in [5.74, 6) is 0.681. The first-order chi connectivity index (χ1) is 14.0. The molecule has 5 nitrogen and oxygen atoms in total. The summed E-state index contributed by atoms with van der Waals surface area (Å²) in [6.45, 7) is 5.37. The van der Waals surface area contributed by atoms with Gasteiger partial charge in [0.15, 0.2) is 0 Å². The first-order valence-corrected chi connectivity index (χ1v) is 11.2. The molecule has 2 aliphatic carbocycles. The molecule has 1 aromatic rings. The third-order valence-corrected chi connectivity index (χ3v) is 8.20. The Labute approximate surface area is 173 Å². The van der Waals surface area contributed by atoms with Crippen molar-refractivity contribution in [2.45, 2.75) is 57.3 Å². The number of hydrogen-bond donors (Lipinski definition) is 1. The lowest BCUT2D eigenvalue weighted by Gasteiger charge is -2.51. The lowest BCUT2D eigenvalue weighted by atomic mass is 9.53. The summed E-state index contributed by atoms with van der Waals surface area (Å²) >= 11 is 0. The molecular weight excluding hydrogens is 366 g/mol. The van der Waals surface area contributed by atoms with Crippen LogP contribution in [0.5, 0.6) is 0 Å². The van der Waals surface area contributed by atoms with E-state index in [1.807, 2.05) is 18.2 Å². The fraction of sp³-hybridized carbons (Fsp3) is 0.708. The SMILES string of the molecule is C[C@]12CCC[C@]3(CO3)[C@@H]1C[C@H]1[C@@H](C2)OC(=O)[C@@H]1CN(CCO)Cc1ccccc1. The molecule has 0 unspecified atom stereocenters. The molecule has 158 valence electrons. The molecule has 29 heavy (non-hydrogen) atoms. The number of aliphatic hydroxyl groups excluding tert-OH is 1. The molecule has 2 aliphatic heterocycles. The molecule has 2 saturated heterocycles. The van der Waals surface area contributed by atoms with E-state index in [4.69, 9.17) is 9.47 Å². The summed E-state index contributed by atoms with van der Waals surface area (Å²) in [5, 5.41) is 9.58. The first kappa shape index (κ1) is 19.5. The van der Waals surface area contributed by atoms with E-state index < -0.39 is 0 Å². The van der Waals surface area contributed by atoms with Crippen LogP contribution in [0.3, 0.4) is 0 Å². The maximum Gasteiger partial charge on any atom is 0.310 e. The van der Waals surface area contributed by atoms with Gasteiger partial charge in [0, 0.05) is 25.6 Å². The van der Waals surface area contributed by atoms with Gasteiger partial charge in [0.1, 0.15) is 6.10 Å². The van der Waals surface area contributed by atoms with Crippen LogP contribution >= 0.6 is 0 Å². The topological polar surface area (TPSA) is 62.3 Å². The second-order valence-corrected chi connectivity index (χ2v) is 10.0. The molecule has 2 saturated carbocycles. The van der Waals surface area contributed by atoms with Crippen molar-refractivity contribution in [2.24, 2.45) is 23.2 Å². The van der Waals surface area contributed by atoms with Crippen LogP contribution in [0.4, 0.5) is 0 Å². The normalized spacial score (nSPS) is 40.6. The maximum absolute atomic E-state index is 12.9. The number of fused-ring (bicyclic) bond motifs is 3. The van der Waals surface area contributed by atoms with Crippen LogP contribution in [0.2, 0.25) is 0 Å². The van der Waals surface area contributed by atoms with E-state index >= 15 is 0 Å². The Kier molecular flexibility index (Phi) is 4.96. The Morgan fingerprint density at radius 2 is 2.03 bits per heavy atom. The van der Waals surface area contributed by atoms with E-state index in [-0.39, 0.29) is 41.5 Å². The van der Waals surface area contributed by atoms with E-state index in [0.29, 0.717) is 19.0 Å². The fourth-order valence-corrected chi connectivity index (χ4v) is 6.66. The van der Waals surface area contributed by atoms with Gasteiger partial charge in [-0.2, -0.15) is 0 Å². The summed E-state index contributed by atoms with van der Waals surface area (Å²) in [6, 6.07) is 10.3. The molecule has 5 rings (SSSR count). The average Bonchev–Trinajstić information content (AvgIpc) is 3.40. The number of benzene rings is 1. The zero-order valence-corrected chi connectivity index (χ0v) is 17.4. The van der Waals surface area contributed by atoms with Crippen LogP contribution in [-0.4, -0.2) is 54.0 Å². The lowest BCUT2D eigenvalue weighted by molar-refractivity contribution is -0.147. The molecule has 0 aromatic heterocycles. The largest absolute Gasteiger partial charge is 0.462 e. The number of carbonyl (C=O) groups excluding carboxylic acids is 1. The molecule has 5 heteroatoms. The number of ether oxygens (including phenoxy) is 2. The predicted molar refractivity (Wildman–Crippen MR) is 109 cm³/mol. The molecule has 6 atom stereocenters. The summed E-state index contributed by atoms with van der Waals surface area (Å²) < 4.78 is 12.0. The molecule has 4 aliphatic rings. The minimum Gasteiger partial charge on any atom is -0.462 e. The van der Waals surface area contributed by atoms with E-state index in [1.165, 1.54) is 24.8 Å². The molecule has 0 amide bonds. The van der Waals surface area contributed by atoms with Crippen LogP contribution in [0.15, 0.2) is 30.3 Å². The lowest BCUT2D eigenvalue weighted by Crippen LogP contribution is -2.51. The van der Waals surface area contributed by atoms with E-state index in [1.54, 1.807) is 0 Å². The highest BCUT2D eigenvalue weighted by atomic mass is 16.6. The molecule has 1 aromatic carbocycles. The highest BCUT2D eigenvalue weighted by Crippen LogP contribution is 2.62. The van der Waals surface area contributed by atoms with Crippen molar-refractivity contribution in [3.8, 4) is 0 Å². The molecule has 1 spiro atoms. The van der Waals surface area contributed by atoms with Crippen LogP contribution in [0.1, 0.15) is 44.6 Å². The Morgan fingerprint density at radius 1 is 1.24 bits per heavy atom. The fourth-order valence-electron chi connectivity index (χ4n) is 6.66. The number of aliphatic hydroxyl groups is 1. The number of rotatable bonds is 6. The monoisotopic (exact) mass is 399 g/mol. The molecule has 0 radical (unpaired) electrons. The Morgan fingerprint density at radius 3 is 2.76 bits per heavy atom. The van der Waals surface area contributed by atoms with Crippen LogP contribution in [0.25, 0.3) is 0 Å². The van der Waals surface area contributed by atoms with Crippen molar-refractivity contribution >= 4 is 5.97 Å². The van der Waals surface area contributed by atoms with Crippen LogP contribution < -0.4 is 0 Å². The predicted octanol–water partition coefficient (Wildman–Crippen LogP) is 3.01. The zero-order valence-electron chi connectivity index (χ0n) is 17.4. The summed E-state index contributed by atoms with van der Waals surface area (Å²) in [6.07, 6.45) is 5.69. The van der Waals surface area contributed by atoms with Crippen LogP contribution in [0, 0.1) is 23.2 Å². The average molecular weight is 400 g/mol.